The summed E-state index contributed by atoms with van der Waals surface area (Å²) in [6.07, 6.45) is 3.06. The van der Waals surface area contributed by atoms with Gasteiger partial charge in [0.25, 0.3) is 5.91 Å². The highest BCUT2D eigenvalue weighted by Crippen LogP contribution is 2.25. The van der Waals surface area contributed by atoms with Crippen LogP contribution in [-0.4, -0.2) is 34.9 Å². The number of benzene rings is 1. The molecule has 0 aliphatic carbocycles. The molecule has 1 amide bonds. The highest BCUT2D eigenvalue weighted by atomic mass is 35.5. The summed E-state index contributed by atoms with van der Waals surface area (Å²) in [7, 11) is 0. The quantitative estimate of drug-likeness (QED) is 0.910. The van der Waals surface area contributed by atoms with Crippen LogP contribution in [0.1, 0.15) is 28.0 Å². The number of aromatic nitrogens is 2. The maximum absolute atomic E-state index is 12.5. The number of halogens is 1. The van der Waals surface area contributed by atoms with Crippen LogP contribution in [0.4, 0.5) is 0 Å². The number of aromatic amines is 1. The predicted molar refractivity (Wildman–Crippen MR) is 84.1 cm³/mol. The first kappa shape index (κ1) is 15.1. The molecule has 2 aromatic rings. The number of hydrogen-bond donors (Lipinski definition) is 2. The summed E-state index contributed by atoms with van der Waals surface area (Å²) in [6.45, 7) is 3.00. The van der Waals surface area contributed by atoms with Gasteiger partial charge in [-0.15, -0.1) is 0 Å². The van der Waals surface area contributed by atoms with Gasteiger partial charge < -0.3 is 10.1 Å². The monoisotopic (exact) mass is 319 g/mol. The van der Waals surface area contributed by atoms with E-state index in [1.165, 1.54) is 0 Å². The van der Waals surface area contributed by atoms with Crippen LogP contribution in [-0.2, 0) is 11.2 Å². The molecule has 116 valence electrons. The van der Waals surface area contributed by atoms with E-state index in [1.807, 2.05) is 31.2 Å². The lowest BCUT2D eigenvalue weighted by atomic mass is 9.89. The molecule has 0 unspecified atom stereocenters. The van der Waals surface area contributed by atoms with Crippen LogP contribution in [0.3, 0.4) is 0 Å². The molecule has 0 radical (unpaired) electrons. The van der Waals surface area contributed by atoms with Gasteiger partial charge >= 0.3 is 0 Å². The topological polar surface area (TPSA) is 67.0 Å². The summed E-state index contributed by atoms with van der Waals surface area (Å²) >= 11 is 5.93. The van der Waals surface area contributed by atoms with E-state index in [0.717, 1.165) is 17.7 Å². The first-order chi connectivity index (χ1) is 10.6. The minimum Gasteiger partial charge on any atom is -0.379 e. The third-order valence-electron chi connectivity index (χ3n) is 4.01. The molecule has 2 heterocycles. The van der Waals surface area contributed by atoms with Crippen LogP contribution in [0.15, 0.2) is 30.5 Å². The zero-order chi connectivity index (χ0) is 15.6. The van der Waals surface area contributed by atoms with Crippen LogP contribution >= 0.6 is 11.6 Å². The van der Waals surface area contributed by atoms with Gasteiger partial charge in [-0.2, -0.15) is 5.10 Å². The van der Waals surface area contributed by atoms with Crippen molar-refractivity contribution in [3.63, 3.8) is 0 Å². The molecule has 0 spiro atoms. The van der Waals surface area contributed by atoms with Crippen LogP contribution in [0.5, 0.6) is 0 Å². The predicted octanol–water partition coefficient (Wildman–Crippen LogP) is 2.50. The molecule has 1 saturated heterocycles. The van der Waals surface area contributed by atoms with Gasteiger partial charge in [-0.3, -0.25) is 9.89 Å². The molecule has 5 nitrogen and oxygen atoms in total. The second kappa shape index (κ2) is 6.10. The molecule has 1 fully saturated rings. The van der Waals surface area contributed by atoms with Crippen LogP contribution < -0.4 is 5.32 Å². The molecule has 22 heavy (non-hydrogen) atoms. The number of carbonyl (C=O) groups excluding carboxylic acids is 1. The molecule has 0 bridgehead atoms. The third kappa shape index (κ3) is 3.15. The standard InChI is InChI=1S/C16H18ClN3O2/c1-11-14(9-18-20-11)15(21)19-16(6-7-22-10-16)8-12-2-4-13(17)5-3-12/h2-5,9H,6-8,10H2,1H3,(H,18,20)(H,19,21)/t16-/m1/s1. The van der Waals surface area contributed by atoms with E-state index in [2.05, 4.69) is 15.5 Å². The average Bonchev–Trinajstić information content (AvgIpc) is 3.11. The van der Waals surface area contributed by atoms with Crippen molar-refractivity contribution < 1.29 is 9.53 Å². The second-order valence-electron chi connectivity index (χ2n) is 5.75. The second-order valence-corrected chi connectivity index (χ2v) is 6.19. The summed E-state index contributed by atoms with van der Waals surface area (Å²) in [5, 5.41) is 10.5. The van der Waals surface area contributed by atoms with Crippen LogP contribution in [0, 0.1) is 6.92 Å². The van der Waals surface area contributed by atoms with Crippen molar-refractivity contribution in [1.29, 1.82) is 0 Å². The zero-order valence-electron chi connectivity index (χ0n) is 12.4. The fourth-order valence-electron chi connectivity index (χ4n) is 2.77. The molecule has 1 atom stereocenters. The Bertz CT molecular complexity index is 660. The Morgan fingerprint density at radius 3 is 2.82 bits per heavy atom. The van der Waals surface area contributed by atoms with Crippen molar-refractivity contribution in [2.45, 2.75) is 25.3 Å². The minimum absolute atomic E-state index is 0.120. The first-order valence-corrected chi connectivity index (χ1v) is 7.60. The molecule has 1 aliphatic rings. The number of rotatable bonds is 4. The molecule has 0 saturated carbocycles. The van der Waals surface area contributed by atoms with Crippen molar-refractivity contribution in [3.05, 3.63) is 52.3 Å². The van der Waals surface area contributed by atoms with Gasteiger partial charge in [0.1, 0.15) is 0 Å². The maximum Gasteiger partial charge on any atom is 0.255 e. The lowest BCUT2D eigenvalue weighted by molar-refractivity contribution is 0.0877. The van der Waals surface area contributed by atoms with Gasteiger partial charge in [-0.05, 0) is 37.5 Å². The lowest BCUT2D eigenvalue weighted by Gasteiger charge is -2.29. The Kier molecular flexibility index (Phi) is 4.18. The Hall–Kier alpha value is -1.85. The Morgan fingerprint density at radius 1 is 1.45 bits per heavy atom. The van der Waals surface area contributed by atoms with Crippen molar-refractivity contribution in [3.8, 4) is 0 Å². The summed E-state index contributed by atoms with van der Waals surface area (Å²) in [4.78, 5) is 12.5. The van der Waals surface area contributed by atoms with Gasteiger partial charge in [0.05, 0.1) is 23.9 Å². The fourth-order valence-corrected chi connectivity index (χ4v) is 2.90. The summed E-state index contributed by atoms with van der Waals surface area (Å²) in [6, 6.07) is 7.69. The maximum atomic E-state index is 12.5. The molecule has 6 heteroatoms. The van der Waals surface area contributed by atoms with Crippen molar-refractivity contribution in [2.75, 3.05) is 13.2 Å². The molecule has 1 aromatic heterocycles. The number of nitrogens with one attached hydrogen (secondary N) is 2. The summed E-state index contributed by atoms with van der Waals surface area (Å²) < 4.78 is 5.54. The van der Waals surface area contributed by atoms with E-state index < -0.39 is 0 Å². The average molecular weight is 320 g/mol. The number of amides is 1. The molecule has 2 N–H and O–H groups in total. The number of nitrogens with zero attached hydrogens (tertiary/aromatic N) is 1. The highest BCUT2D eigenvalue weighted by molar-refractivity contribution is 6.30. The number of carbonyl (C=O) groups is 1. The lowest BCUT2D eigenvalue weighted by Crippen LogP contribution is -2.50. The van der Waals surface area contributed by atoms with Gasteiger partial charge in [0.2, 0.25) is 0 Å². The van der Waals surface area contributed by atoms with Gasteiger partial charge in [0.15, 0.2) is 0 Å². The summed E-state index contributed by atoms with van der Waals surface area (Å²) in [5.41, 5.74) is 2.08. The van der Waals surface area contributed by atoms with E-state index in [4.69, 9.17) is 16.3 Å². The van der Waals surface area contributed by atoms with Gasteiger partial charge in [-0.25, -0.2) is 0 Å². The normalized spacial score (nSPS) is 21.0. The largest absolute Gasteiger partial charge is 0.379 e. The summed E-state index contributed by atoms with van der Waals surface area (Å²) in [5.74, 6) is -0.120. The van der Waals surface area contributed by atoms with Crippen molar-refractivity contribution >= 4 is 17.5 Å². The molecular formula is C16H18ClN3O2. The van der Waals surface area contributed by atoms with E-state index in [1.54, 1.807) is 6.20 Å². The highest BCUT2D eigenvalue weighted by Gasteiger charge is 2.37. The van der Waals surface area contributed by atoms with E-state index in [0.29, 0.717) is 30.2 Å². The zero-order valence-corrected chi connectivity index (χ0v) is 13.1. The van der Waals surface area contributed by atoms with Crippen LogP contribution in [0.2, 0.25) is 5.02 Å². The minimum atomic E-state index is -0.380. The number of H-pyrrole nitrogens is 1. The fraction of sp³-hybridized carbons (Fsp3) is 0.375. The van der Waals surface area contributed by atoms with E-state index in [-0.39, 0.29) is 11.4 Å². The number of hydrogen-bond acceptors (Lipinski definition) is 3. The van der Waals surface area contributed by atoms with E-state index >= 15 is 0 Å². The smallest absolute Gasteiger partial charge is 0.255 e. The Balaban J connectivity index is 1.78. The van der Waals surface area contributed by atoms with Crippen molar-refractivity contribution in [1.82, 2.24) is 15.5 Å². The van der Waals surface area contributed by atoms with E-state index in [9.17, 15) is 4.79 Å². The Labute approximate surface area is 134 Å². The molecule has 1 aromatic carbocycles. The third-order valence-corrected chi connectivity index (χ3v) is 4.26. The number of aryl methyl sites for hydroxylation is 1. The Morgan fingerprint density at radius 2 is 2.23 bits per heavy atom. The van der Waals surface area contributed by atoms with Crippen LogP contribution in [0.25, 0.3) is 0 Å². The van der Waals surface area contributed by atoms with Crippen molar-refractivity contribution in [2.24, 2.45) is 0 Å². The van der Waals surface area contributed by atoms with Gasteiger partial charge in [-0.1, -0.05) is 23.7 Å². The first-order valence-electron chi connectivity index (χ1n) is 7.23. The molecular weight excluding hydrogens is 302 g/mol. The van der Waals surface area contributed by atoms with Gasteiger partial charge in [0, 0.05) is 17.3 Å². The SMILES string of the molecule is Cc1[nH]ncc1C(=O)N[C@@]1(Cc2ccc(Cl)cc2)CCOC1. The molecule has 1 aliphatic heterocycles. The number of ether oxygens (including phenoxy) is 1. The molecule has 3 rings (SSSR count).